The number of rotatable bonds is 43. The third kappa shape index (κ3) is 40.0. The number of carbonyl (C=O) groups excluding carboxylic acids is 2. The first-order chi connectivity index (χ1) is 26.5. The lowest BCUT2D eigenvalue weighted by Gasteiger charge is -2.22. The Morgan fingerprint density at radius 3 is 1.44 bits per heavy atom. The second kappa shape index (κ2) is 44.1. The molecule has 6 nitrogen and oxygen atoms in total. The highest BCUT2D eigenvalue weighted by atomic mass is 16.5. The van der Waals surface area contributed by atoms with E-state index in [2.05, 4.69) is 43.5 Å². The highest BCUT2D eigenvalue weighted by Gasteiger charge is 2.20. The summed E-state index contributed by atoms with van der Waals surface area (Å²) >= 11 is 0. The van der Waals surface area contributed by atoms with Crippen LogP contribution in [0.2, 0.25) is 0 Å². The van der Waals surface area contributed by atoms with Crippen molar-refractivity contribution in [1.29, 1.82) is 0 Å². The Kier molecular flexibility index (Phi) is 42.7. The molecule has 318 valence electrons. The lowest BCUT2D eigenvalue weighted by Crippen LogP contribution is -2.45. The molecule has 0 rings (SSSR count). The molecule has 0 radical (unpaired) electrons. The number of nitrogens with one attached hydrogen (secondary N) is 1. The van der Waals surface area contributed by atoms with Gasteiger partial charge >= 0.3 is 5.97 Å². The normalized spacial score (nSPS) is 12.9. The molecule has 2 atom stereocenters. The van der Waals surface area contributed by atoms with Crippen LogP contribution in [0.25, 0.3) is 0 Å². The van der Waals surface area contributed by atoms with Gasteiger partial charge in [0.1, 0.15) is 0 Å². The molecule has 0 aromatic carbocycles. The van der Waals surface area contributed by atoms with Crippen LogP contribution in [-0.4, -0.2) is 47.4 Å². The van der Waals surface area contributed by atoms with Crippen LogP contribution in [0.4, 0.5) is 0 Å². The second-order valence-electron chi connectivity index (χ2n) is 16.1. The summed E-state index contributed by atoms with van der Waals surface area (Å²) in [6, 6.07) is -0.553. The summed E-state index contributed by atoms with van der Waals surface area (Å²) in [6.07, 6.45) is 49.9. The Bertz CT molecular complexity index is 843. The fourth-order valence-electron chi connectivity index (χ4n) is 7.08. The van der Waals surface area contributed by atoms with Crippen molar-refractivity contribution in [3.63, 3.8) is 0 Å². The molecule has 0 aliphatic heterocycles. The fraction of sp³-hybridized carbons (Fsp3) is 0.875. The molecule has 0 saturated heterocycles. The van der Waals surface area contributed by atoms with Gasteiger partial charge < -0.3 is 20.3 Å². The van der Waals surface area contributed by atoms with Gasteiger partial charge in [0.05, 0.1) is 25.4 Å². The van der Waals surface area contributed by atoms with E-state index in [0.29, 0.717) is 25.9 Å². The highest BCUT2D eigenvalue weighted by Crippen LogP contribution is 2.15. The SMILES string of the molecule is CCCCC/C=C\C/C=C\CCCCCCCCCC(=O)OCCCCCCCCCCCCCC(=O)NC(CO)C(O)CCCCCCCCCCC. The third-order valence-electron chi connectivity index (χ3n) is 10.8. The van der Waals surface area contributed by atoms with E-state index in [4.69, 9.17) is 4.74 Å². The van der Waals surface area contributed by atoms with Crippen LogP contribution in [0.15, 0.2) is 24.3 Å². The molecule has 0 aromatic rings. The lowest BCUT2D eigenvalue weighted by molar-refractivity contribution is -0.143. The highest BCUT2D eigenvalue weighted by molar-refractivity contribution is 5.76. The summed E-state index contributed by atoms with van der Waals surface area (Å²) in [6.45, 7) is 4.85. The average Bonchev–Trinajstić information content (AvgIpc) is 3.17. The molecule has 6 heteroatoms. The summed E-state index contributed by atoms with van der Waals surface area (Å²) < 4.78 is 5.45. The van der Waals surface area contributed by atoms with E-state index in [9.17, 15) is 19.8 Å². The van der Waals surface area contributed by atoms with E-state index in [0.717, 1.165) is 64.2 Å². The van der Waals surface area contributed by atoms with Gasteiger partial charge in [-0.1, -0.05) is 199 Å². The predicted octanol–water partition coefficient (Wildman–Crippen LogP) is 13.6. The number of amides is 1. The Morgan fingerprint density at radius 2 is 0.926 bits per heavy atom. The largest absolute Gasteiger partial charge is 0.466 e. The van der Waals surface area contributed by atoms with Gasteiger partial charge in [-0.15, -0.1) is 0 Å². The van der Waals surface area contributed by atoms with Crippen molar-refractivity contribution in [3.8, 4) is 0 Å². The fourth-order valence-corrected chi connectivity index (χ4v) is 7.08. The average molecular weight is 762 g/mol. The molecule has 3 N–H and O–H groups in total. The van der Waals surface area contributed by atoms with Crippen LogP contribution >= 0.6 is 0 Å². The van der Waals surface area contributed by atoms with Gasteiger partial charge in [0.25, 0.3) is 0 Å². The van der Waals surface area contributed by atoms with Crippen molar-refractivity contribution < 1.29 is 24.5 Å². The van der Waals surface area contributed by atoms with Crippen LogP contribution in [-0.2, 0) is 14.3 Å². The predicted molar refractivity (Wildman–Crippen MR) is 232 cm³/mol. The molecule has 0 aliphatic rings. The smallest absolute Gasteiger partial charge is 0.305 e. The van der Waals surface area contributed by atoms with Gasteiger partial charge in [0, 0.05) is 12.8 Å². The van der Waals surface area contributed by atoms with Gasteiger partial charge in [-0.05, 0) is 57.8 Å². The zero-order valence-corrected chi connectivity index (χ0v) is 36.0. The van der Waals surface area contributed by atoms with Crippen molar-refractivity contribution in [1.82, 2.24) is 5.32 Å². The van der Waals surface area contributed by atoms with E-state index in [1.807, 2.05) is 0 Å². The quantitative estimate of drug-likeness (QED) is 0.0327. The molecule has 54 heavy (non-hydrogen) atoms. The Balaban J connectivity index is 3.45. The number of aliphatic hydroxyl groups is 2. The Labute approximate surface area is 335 Å². The second-order valence-corrected chi connectivity index (χ2v) is 16.1. The van der Waals surface area contributed by atoms with E-state index in [1.54, 1.807) is 0 Å². The summed E-state index contributed by atoms with van der Waals surface area (Å²) in [5.41, 5.74) is 0. The van der Waals surface area contributed by atoms with Crippen molar-refractivity contribution in [2.24, 2.45) is 0 Å². The molecular formula is C48H91NO5. The minimum absolute atomic E-state index is 0.0223. The van der Waals surface area contributed by atoms with E-state index in [-0.39, 0.29) is 18.5 Å². The molecular weight excluding hydrogens is 671 g/mol. The number of esters is 1. The zero-order valence-electron chi connectivity index (χ0n) is 36.0. The number of hydrogen-bond donors (Lipinski definition) is 3. The van der Waals surface area contributed by atoms with Crippen molar-refractivity contribution in [2.45, 2.75) is 257 Å². The monoisotopic (exact) mass is 762 g/mol. The van der Waals surface area contributed by atoms with Gasteiger partial charge in [0.15, 0.2) is 0 Å². The molecule has 0 fully saturated rings. The van der Waals surface area contributed by atoms with Gasteiger partial charge in [0.2, 0.25) is 5.91 Å². The lowest BCUT2D eigenvalue weighted by atomic mass is 10.0. The maximum atomic E-state index is 12.4. The molecule has 0 bridgehead atoms. The van der Waals surface area contributed by atoms with E-state index < -0.39 is 12.1 Å². The van der Waals surface area contributed by atoms with Crippen LogP contribution < -0.4 is 5.32 Å². The number of ether oxygens (including phenoxy) is 1. The van der Waals surface area contributed by atoms with Crippen LogP contribution in [0.5, 0.6) is 0 Å². The first-order valence-electron chi connectivity index (χ1n) is 23.6. The summed E-state index contributed by atoms with van der Waals surface area (Å²) in [7, 11) is 0. The molecule has 0 saturated carbocycles. The van der Waals surface area contributed by atoms with Gasteiger partial charge in [-0.3, -0.25) is 9.59 Å². The molecule has 2 unspecified atom stereocenters. The van der Waals surface area contributed by atoms with Crippen LogP contribution in [0.3, 0.4) is 0 Å². The van der Waals surface area contributed by atoms with Crippen molar-refractivity contribution in [2.75, 3.05) is 13.2 Å². The number of unbranched alkanes of at least 4 members (excludes halogenated alkanes) is 28. The van der Waals surface area contributed by atoms with E-state index >= 15 is 0 Å². The summed E-state index contributed by atoms with van der Waals surface area (Å²) in [4.78, 5) is 24.4. The topological polar surface area (TPSA) is 95.9 Å². The zero-order chi connectivity index (χ0) is 39.4. The Morgan fingerprint density at radius 1 is 0.519 bits per heavy atom. The maximum absolute atomic E-state index is 12.4. The molecule has 0 aliphatic carbocycles. The third-order valence-corrected chi connectivity index (χ3v) is 10.8. The van der Waals surface area contributed by atoms with Crippen LogP contribution in [0, 0.1) is 0 Å². The van der Waals surface area contributed by atoms with Crippen molar-refractivity contribution in [3.05, 3.63) is 24.3 Å². The number of allylic oxidation sites excluding steroid dienone is 4. The molecule has 0 heterocycles. The Hall–Kier alpha value is -1.66. The minimum Gasteiger partial charge on any atom is -0.466 e. The molecule has 0 spiro atoms. The van der Waals surface area contributed by atoms with E-state index in [1.165, 1.54) is 148 Å². The summed E-state index contributed by atoms with van der Waals surface area (Å²) in [5, 5.41) is 23.0. The minimum atomic E-state index is -0.674. The van der Waals surface area contributed by atoms with Gasteiger partial charge in [-0.2, -0.15) is 0 Å². The maximum Gasteiger partial charge on any atom is 0.305 e. The van der Waals surface area contributed by atoms with Crippen LogP contribution in [0.1, 0.15) is 245 Å². The number of aliphatic hydroxyl groups excluding tert-OH is 2. The number of hydrogen-bond acceptors (Lipinski definition) is 5. The standard InChI is InChI=1S/C48H91NO5/c1-3-5-7-9-11-13-14-15-16-17-18-19-22-26-30-34-38-42-48(53)54-43-39-35-31-27-23-20-21-25-29-33-37-41-47(52)49-45(44-50)46(51)40-36-32-28-24-12-10-8-6-4-2/h11,13,15-16,45-46,50-51H,3-10,12,14,17-44H2,1-2H3,(H,49,52)/b13-11-,16-15-. The first kappa shape index (κ1) is 52.3. The molecule has 1 amide bonds. The van der Waals surface area contributed by atoms with Crippen molar-refractivity contribution >= 4 is 11.9 Å². The first-order valence-corrected chi connectivity index (χ1v) is 23.6. The summed E-state index contributed by atoms with van der Waals surface area (Å²) in [5.74, 6) is -0.0799. The van der Waals surface area contributed by atoms with Gasteiger partial charge in [-0.25, -0.2) is 0 Å². The number of carbonyl (C=O) groups is 2. The molecule has 0 aromatic heterocycles.